The van der Waals surface area contributed by atoms with Crippen molar-refractivity contribution in [2.45, 2.75) is 37.9 Å². The van der Waals surface area contributed by atoms with E-state index in [0.717, 1.165) is 23.6 Å². The highest BCUT2D eigenvalue weighted by atomic mass is 32.1. The van der Waals surface area contributed by atoms with Crippen LogP contribution in [0.15, 0.2) is 24.3 Å². The predicted molar refractivity (Wildman–Crippen MR) is 111 cm³/mol. The van der Waals surface area contributed by atoms with E-state index in [9.17, 15) is 18.0 Å². The Hall–Kier alpha value is -3.02. The van der Waals surface area contributed by atoms with Crippen molar-refractivity contribution in [2.24, 2.45) is 0 Å². The van der Waals surface area contributed by atoms with Gasteiger partial charge < -0.3 is 14.8 Å². The SMILES string of the molecule is COc1ccc(NC(=S)NNC(=O)C(C)n2nc(C(F)(F)F)cc2C2CC2)c(OC)c1. The first-order valence-corrected chi connectivity index (χ1v) is 9.80. The summed E-state index contributed by atoms with van der Waals surface area (Å²) in [6, 6.07) is 5.07. The molecule has 1 aromatic carbocycles. The predicted octanol–water partition coefficient (Wildman–Crippen LogP) is 3.38. The number of carbonyl (C=O) groups excluding carboxylic acids is 1. The maximum absolute atomic E-state index is 13.1. The van der Waals surface area contributed by atoms with E-state index in [1.165, 1.54) is 21.1 Å². The van der Waals surface area contributed by atoms with E-state index in [4.69, 9.17) is 21.7 Å². The Bertz CT molecular complexity index is 975. The van der Waals surface area contributed by atoms with Gasteiger partial charge in [0.05, 0.1) is 19.9 Å². The normalized spacial score (nSPS) is 14.5. The van der Waals surface area contributed by atoms with Gasteiger partial charge in [0.2, 0.25) is 0 Å². The van der Waals surface area contributed by atoms with Gasteiger partial charge in [-0.05, 0) is 50.2 Å². The standard InChI is InChI=1S/C19H22F3N5O3S/c1-10(27-14(11-4-5-11)9-16(26-27)19(20,21)22)17(28)24-25-18(31)23-13-7-6-12(29-2)8-15(13)30-3/h6-11H,4-5H2,1-3H3,(H,24,28)(H2,23,25,31). The molecule has 3 rings (SSSR count). The minimum Gasteiger partial charge on any atom is -0.497 e. The lowest BCUT2D eigenvalue weighted by atomic mass is 10.2. The van der Waals surface area contributed by atoms with E-state index in [0.29, 0.717) is 22.9 Å². The highest BCUT2D eigenvalue weighted by Gasteiger charge is 2.39. The highest BCUT2D eigenvalue weighted by molar-refractivity contribution is 7.80. The number of ether oxygens (including phenoxy) is 2. The van der Waals surface area contributed by atoms with Gasteiger partial charge in [-0.25, -0.2) is 0 Å². The number of hydrogen-bond acceptors (Lipinski definition) is 5. The summed E-state index contributed by atoms with van der Waals surface area (Å²) in [4.78, 5) is 12.5. The van der Waals surface area contributed by atoms with Crippen molar-refractivity contribution in [3.63, 3.8) is 0 Å². The molecule has 1 aliphatic rings. The molecule has 0 radical (unpaired) electrons. The fraction of sp³-hybridized carbons (Fsp3) is 0.421. The maximum atomic E-state index is 13.1. The molecule has 1 atom stereocenters. The minimum absolute atomic E-state index is 0.0166. The monoisotopic (exact) mass is 457 g/mol. The van der Waals surface area contributed by atoms with Gasteiger partial charge >= 0.3 is 6.18 Å². The molecule has 12 heteroatoms. The molecule has 0 bridgehead atoms. The number of hydrogen-bond donors (Lipinski definition) is 3. The van der Waals surface area contributed by atoms with Crippen LogP contribution in [0, 0.1) is 0 Å². The van der Waals surface area contributed by atoms with Gasteiger partial charge in [0.15, 0.2) is 10.8 Å². The van der Waals surface area contributed by atoms with Crippen molar-refractivity contribution in [1.29, 1.82) is 0 Å². The summed E-state index contributed by atoms with van der Waals surface area (Å²) in [6.07, 6.45) is -3.03. The Kier molecular flexibility index (Phi) is 6.58. The van der Waals surface area contributed by atoms with E-state index in [2.05, 4.69) is 21.3 Å². The molecule has 0 aliphatic heterocycles. The molecular weight excluding hydrogens is 435 g/mol. The summed E-state index contributed by atoms with van der Waals surface area (Å²) >= 11 is 5.16. The lowest BCUT2D eigenvalue weighted by molar-refractivity contribution is -0.142. The number of benzene rings is 1. The zero-order chi connectivity index (χ0) is 22.8. The first-order chi connectivity index (χ1) is 14.6. The molecule has 1 heterocycles. The van der Waals surface area contributed by atoms with Crippen LogP contribution in [0.3, 0.4) is 0 Å². The molecule has 2 aromatic rings. The van der Waals surface area contributed by atoms with Crippen LogP contribution in [-0.4, -0.2) is 35.0 Å². The largest absolute Gasteiger partial charge is 0.497 e. The zero-order valence-electron chi connectivity index (χ0n) is 17.0. The molecule has 1 saturated carbocycles. The zero-order valence-corrected chi connectivity index (χ0v) is 17.9. The van der Waals surface area contributed by atoms with Gasteiger partial charge in [0.1, 0.15) is 17.5 Å². The first kappa shape index (κ1) is 22.7. The molecule has 168 valence electrons. The minimum atomic E-state index is -4.58. The molecule has 0 saturated heterocycles. The van der Waals surface area contributed by atoms with Crippen molar-refractivity contribution >= 4 is 28.9 Å². The van der Waals surface area contributed by atoms with Gasteiger partial charge in [0, 0.05) is 17.7 Å². The van der Waals surface area contributed by atoms with Crippen LogP contribution in [0.5, 0.6) is 11.5 Å². The van der Waals surface area contributed by atoms with Crippen LogP contribution in [0.4, 0.5) is 18.9 Å². The Morgan fingerprint density at radius 2 is 1.94 bits per heavy atom. The second-order valence-corrected chi connectivity index (χ2v) is 7.39. The fourth-order valence-electron chi connectivity index (χ4n) is 2.93. The maximum Gasteiger partial charge on any atom is 0.435 e. The van der Waals surface area contributed by atoms with Crippen LogP contribution < -0.4 is 25.6 Å². The Morgan fingerprint density at radius 1 is 1.23 bits per heavy atom. The summed E-state index contributed by atoms with van der Waals surface area (Å²) in [5.41, 5.74) is 4.85. The van der Waals surface area contributed by atoms with E-state index < -0.39 is 23.8 Å². The lowest BCUT2D eigenvalue weighted by Crippen LogP contribution is -2.46. The van der Waals surface area contributed by atoms with Gasteiger partial charge in [-0.2, -0.15) is 18.3 Å². The number of alkyl halides is 3. The highest BCUT2D eigenvalue weighted by Crippen LogP contribution is 2.43. The molecular formula is C19H22F3N5O3S. The number of aromatic nitrogens is 2. The fourth-order valence-corrected chi connectivity index (χ4v) is 3.09. The summed E-state index contributed by atoms with van der Waals surface area (Å²) in [6.45, 7) is 1.47. The number of thiocarbonyl (C=S) groups is 1. The Balaban J connectivity index is 1.63. The van der Waals surface area contributed by atoms with Gasteiger partial charge in [-0.15, -0.1) is 0 Å². The summed E-state index contributed by atoms with van der Waals surface area (Å²) in [5.74, 6) is 0.447. The molecule has 3 N–H and O–H groups in total. The average Bonchev–Trinajstić information content (AvgIpc) is 3.48. The number of anilines is 1. The van der Waals surface area contributed by atoms with Crippen molar-refractivity contribution < 1.29 is 27.4 Å². The number of carbonyl (C=O) groups is 1. The van der Waals surface area contributed by atoms with E-state index in [1.54, 1.807) is 18.2 Å². The average molecular weight is 457 g/mol. The molecule has 0 spiro atoms. The lowest BCUT2D eigenvalue weighted by Gasteiger charge is -2.18. The number of halogens is 3. The molecule has 1 aromatic heterocycles. The quantitative estimate of drug-likeness (QED) is 0.453. The van der Waals surface area contributed by atoms with Crippen LogP contribution in [0.1, 0.15) is 43.1 Å². The van der Waals surface area contributed by atoms with Crippen molar-refractivity contribution in [1.82, 2.24) is 20.6 Å². The van der Waals surface area contributed by atoms with Crippen molar-refractivity contribution in [3.05, 3.63) is 35.7 Å². The van der Waals surface area contributed by atoms with Crippen LogP contribution in [0.25, 0.3) is 0 Å². The third-order valence-corrected chi connectivity index (χ3v) is 4.96. The number of amides is 1. The first-order valence-electron chi connectivity index (χ1n) is 9.39. The van der Waals surface area contributed by atoms with Crippen molar-refractivity contribution in [3.8, 4) is 11.5 Å². The number of nitrogens with one attached hydrogen (secondary N) is 3. The third-order valence-electron chi connectivity index (χ3n) is 4.75. The number of rotatable bonds is 6. The third kappa shape index (κ3) is 5.37. The second-order valence-electron chi connectivity index (χ2n) is 6.98. The molecule has 8 nitrogen and oxygen atoms in total. The van der Waals surface area contributed by atoms with E-state index in [-0.39, 0.29) is 11.0 Å². The summed E-state index contributed by atoms with van der Waals surface area (Å²) in [5, 5.41) is 6.55. The number of nitrogens with zero attached hydrogens (tertiary/aromatic N) is 2. The summed E-state index contributed by atoms with van der Waals surface area (Å²) in [7, 11) is 3.01. The van der Waals surface area contributed by atoms with E-state index >= 15 is 0 Å². The molecule has 31 heavy (non-hydrogen) atoms. The van der Waals surface area contributed by atoms with Gasteiger partial charge in [-0.1, -0.05) is 0 Å². The smallest absolute Gasteiger partial charge is 0.435 e. The van der Waals surface area contributed by atoms with Gasteiger partial charge in [-0.3, -0.25) is 20.3 Å². The van der Waals surface area contributed by atoms with Crippen molar-refractivity contribution in [2.75, 3.05) is 19.5 Å². The summed E-state index contributed by atoms with van der Waals surface area (Å²) < 4.78 is 50.7. The Morgan fingerprint density at radius 3 is 2.52 bits per heavy atom. The van der Waals surface area contributed by atoms with E-state index in [1.807, 2.05) is 0 Å². The molecule has 1 aliphatic carbocycles. The number of methoxy groups -OCH3 is 2. The number of hydrazine groups is 1. The van der Waals surface area contributed by atoms with Crippen LogP contribution >= 0.6 is 12.2 Å². The van der Waals surface area contributed by atoms with Gasteiger partial charge in [0.25, 0.3) is 5.91 Å². The molecule has 1 unspecified atom stereocenters. The topological polar surface area (TPSA) is 89.4 Å². The molecule has 1 fully saturated rings. The van der Waals surface area contributed by atoms with Crippen LogP contribution in [0.2, 0.25) is 0 Å². The van der Waals surface area contributed by atoms with Crippen LogP contribution in [-0.2, 0) is 11.0 Å². The second kappa shape index (κ2) is 9.00. The Labute approximate surface area is 182 Å². The molecule has 1 amide bonds.